The van der Waals surface area contributed by atoms with E-state index < -0.39 is 0 Å². The van der Waals surface area contributed by atoms with E-state index in [9.17, 15) is 4.39 Å². The molecule has 2 N–H and O–H groups in total. The predicted molar refractivity (Wildman–Crippen MR) is 77.4 cm³/mol. The van der Waals surface area contributed by atoms with Gasteiger partial charge in [0.05, 0.1) is 4.47 Å². The molecule has 0 fully saturated rings. The summed E-state index contributed by atoms with van der Waals surface area (Å²) in [6, 6.07) is 5.16. The van der Waals surface area contributed by atoms with Gasteiger partial charge < -0.3 is 10.3 Å². The second-order valence-electron chi connectivity index (χ2n) is 4.59. The molecule has 1 aromatic carbocycles. The Hall–Kier alpha value is -1.20. The van der Waals surface area contributed by atoms with E-state index in [0.717, 1.165) is 24.2 Å². The van der Waals surface area contributed by atoms with Gasteiger partial charge in [-0.2, -0.15) is 0 Å². The van der Waals surface area contributed by atoms with Crippen molar-refractivity contribution in [3.8, 4) is 0 Å². The number of imidazole rings is 1. The topological polar surface area (TPSA) is 43.8 Å². The molecule has 0 aliphatic carbocycles. The first-order chi connectivity index (χ1) is 9.10. The molecule has 2 rings (SSSR count). The number of hydrogen-bond donors (Lipinski definition) is 1. The molecule has 1 aromatic heterocycles. The maximum absolute atomic E-state index is 13.2. The first-order valence-electron chi connectivity index (χ1n) is 6.29. The lowest BCUT2D eigenvalue weighted by atomic mass is 10.1. The molecule has 102 valence electrons. The van der Waals surface area contributed by atoms with E-state index in [2.05, 4.69) is 32.4 Å². The van der Waals surface area contributed by atoms with E-state index in [1.165, 1.54) is 6.07 Å². The Morgan fingerprint density at radius 3 is 2.95 bits per heavy atom. The van der Waals surface area contributed by atoms with Gasteiger partial charge in [-0.05, 0) is 40.0 Å². The van der Waals surface area contributed by atoms with Crippen LogP contribution in [-0.4, -0.2) is 15.6 Å². The summed E-state index contributed by atoms with van der Waals surface area (Å²) in [5.74, 6) is 0.720. The van der Waals surface area contributed by atoms with Crippen LogP contribution in [0.5, 0.6) is 0 Å². The molecule has 2 aromatic rings. The third-order valence-corrected chi connectivity index (χ3v) is 3.72. The predicted octanol–water partition coefficient (Wildman–Crippen LogP) is 3.11. The summed E-state index contributed by atoms with van der Waals surface area (Å²) >= 11 is 3.20. The lowest BCUT2D eigenvalue weighted by Crippen LogP contribution is -2.23. The zero-order valence-corrected chi connectivity index (χ0v) is 12.4. The molecule has 5 heteroatoms. The van der Waals surface area contributed by atoms with E-state index in [1.807, 2.05) is 6.20 Å². The number of nitrogens with zero attached hydrogens (tertiary/aromatic N) is 2. The molecule has 0 aliphatic rings. The molecule has 3 nitrogen and oxygen atoms in total. The van der Waals surface area contributed by atoms with E-state index in [0.29, 0.717) is 11.0 Å². The molecule has 1 atom stereocenters. The molecule has 0 bridgehead atoms. The van der Waals surface area contributed by atoms with Crippen LogP contribution in [0.1, 0.15) is 24.7 Å². The van der Waals surface area contributed by atoms with Crippen LogP contribution in [-0.2, 0) is 13.0 Å². The summed E-state index contributed by atoms with van der Waals surface area (Å²) in [6.07, 6.45) is 5.38. The summed E-state index contributed by atoms with van der Waals surface area (Å²) < 4.78 is 15.7. The van der Waals surface area contributed by atoms with Crippen LogP contribution in [0.3, 0.4) is 0 Å². The Labute approximate surface area is 120 Å². The smallest absolute Gasteiger partial charge is 0.137 e. The summed E-state index contributed by atoms with van der Waals surface area (Å²) in [7, 11) is 0. The number of halogens is 2. The molecular formula is C14H17BrFN3. The maximum atomic E-state index is 13.2. The van der Waals surface area contributed by atoms with E-state index >= 15 is 0 Å². The molecule has 0 saturated heterocycles. The second kappa shape index (κ2) is 6.30. The van der Waals surface area contributed by atoms with Crippen LogP contribution < -0.4 is 5.73 Å². The number of benzene rings is 1. The van der Waals surface area contributed by atoms with Gasteiger partial charge >= 0.3 is 0 Å². The van der Waals surface area contributed by atoms with Gasteiger partial charge in [-0.25, -0.2) is 9.37 Å². The zero-order chi connectivity index (χ0) is 13.8. The quantitative estimate of drug-likeness (QED) is 0.917. The molecule has 0 amide bonds. The Bertz CT molecular complexity index is 553. The van der Waals surface area contributed by atoms with Crippen LogP contribution in [0.2, 0.25) is 0 Å². The van der Waals surface area contributed by atoms with Crippen molar-refractivity contribution in [3.63, 3.8) is 0 Å². The Kier molecular flexibility index (Phi) is 4.71. The molecule has 0 spiro atoms. The minimum Gasteiger partial charge on any atom is -0.330 e. The van der Waals surface area contributed by atoms with Crippen molar-refractivity contribution in [1.82, 2.24) is 9.55 Å². The zero-order valence-electron chi connectivity index (χ0n) is 10.8. The average Bonchev–Trinajstić information content (AvgIpc) is 2.81. The van der Waals surface area contributed by atoms with Crippen LogP contribution in [0, 0.1) is 5.82 Å². The summed E-state index contributed by atoms with van der Waals surface area (Å²) in [4.78, 5) is 4.34. The summed E-state index contributed by atoms with van der Waals surface area (Å²) in [6.45, 7) is 2.74. The van der Waals surface area contributed by atoms with Crippen molar-refractivity contribution >= 4 is 15.9 Å². The van der Waals surface area contributed by atoms with Crippen molar-refractivity contribution in [2.45, 2.75) is 32.4 Å². The highest BCUT2D eigenvalue weighted by atomic mass is 79.9. The van der Waals surface area contributed by atoms with E-state index in [-0.39, 0.29) is 11.9 Å². The van der Waals surface area contributed by atoms with Crippen LogP contribution in [0.4, 0.5) is 4.39 Å². The summed E-state index contributed by atoms with van der Waals surface area (Å²) in [5, 5.41) is 0. The molecule has 19 heavy (non-hydrogen) atoms. The Balaban J connectivity index is 2.14. The maximum Gasteiger partial charge on any atom is 0.137 e. The van der Waals surface area contributed by atoms with Gasteiger partial charge in [-0.1, -0.05) is 13.0 Å². The van der Waals surface area contributed by atoms with Gasteiger partial charge in [0.25, 0.3) is 0 Å². The van der Waals surface area contributed by atoms with Crippen molar-refractivity contribution in [3.05, 3.63) is 52.3 Å². The third-order valence-electron chi connectivity index (χ3n) is 3.11. The number of aromatic nitrogens is 2. The average molecular weight is 326 g/mol. The van der Waals surface area contributed by atoms with Gasteiger partial charge in [0.2, 0.25) is 0 Å². The van der Waals surface area contributed by atoms with E-state index in [1.54, 1.807) is 18.3 Å². The van der Waals surface area contributed by atoms with E-state index in [4.69, 9.17) is 5.73 Å². The molecule has 0 aliphatic heterocycles. The highest BCUT2D eigenvalue weighted by Gasteiger charge is 2.08. The molecule has 1 heterocycles. The first-order valence-corrected chi connectivity index (χ1v) is 7.09. The summed E-state index contributed by atoms with van der Waals surface area (Å²) in [5.41, 5.74) is 6.99. The molecule has 0 radical (unpaired) electrons. The van der Waals surface area contributed by atoms with Crippen molar-refractivity contribution in [1.29, 1.82) is 0 Å². The minimum absolute atomic E-state index is 0.126. The standard InChI is InChI=1S/C14H17BrFN3/c1-2-11(17)8-14-18-5-6-19(14)9-10-3-4-13(16)12(15)7-10/h3-7,11H,2,8-9,17H2,1H3. The molecule has 1 unspecified atom stereocenters. The highest BCUT2D eigenvalue weighted by Crippen LogP contribution is 2.18. The monoisotopic (exact) mass is 325 g/mol. The van der Waals surface area contributed by atoms with Crippen molar-refractivity contribution in [2.24, 2.45) is 5.73 Å². The van der Waals surface area contributed by atoms with Gasteiger partial charge in [0, 0.05) is 31.4 Å². The van der Waals surface area contributed by atoms with Gasteiger partial charge in [-0.3, -0.25) is 0 Å². The van der Waals surface area contributed by atoms with Crippen LogP contribution >= 0.6 is 15.9 Å². The normalized spacial score (nSPS) is 12.6. The largest absolute Gasteiger partial charge is 0.330 e. The fraction of sp³-hybridized carbons (Fsp3) is 0.357. The Morgan fingerprint density at radius 2 is 2.26 bits per heavy atom. The third kappa shape index (κ3) is 3.64. The number of hydrogen-bond acceptors (Lipinski definition) is 2. The lowest BCUT2D eigenvalue weighted by Gasteiger charge is -2.11. The van der Waals surface area contributed by atoms with Gasteiger partial charge in [0.15, 0.2) is 0 Å². The second-order valence-corrected chi connectivity index (χ2v) is 5.45. The SMILES string of the molecule is CCC(N)Cc1nccn1Cc1ccc(F)c(Br)c1. The molecule has 0 saturated carbocycles. The molecular weight excluding hydrogens is 309 g/mol. The van der Waals surface area contributed by atoms with Crippen molar-refractivity contribution in [2.75, 3.05) is 0 Å². The van der Waals surface area contributed by atoms with Crippen molar-refractivity contribution < 1.29 is 4.39 Å². The lowest BCUT2D eigenvalue weighted by molar-refractivity contribution is 0.595. The van der Waals surface area contributed by atoms with Crippen LogP contribution in [0.25, 0.3) is 0 Å². The van der Waals surface area contributed by atoms with Gasteiger partial charge in [0.1, 0.15) is 11.6 Å². The van der Waals surface area contributed by atoms with Crippen LogP contribution in [0.15, 0.2) is 35.1 Å². The fourth-order valence-corrected chi connectivity index (χ4v) is 2.31. The number of rotatable bonds is 5. The highest BCUT2D eigenvalue weighted by molar-refractivity contribution is 9.10. The minimum atomic E-state index is -0.248. The van der Waals surface area contributed by atoms with Gasteiger partial charge in [-0.15, -0.1) is 0 Å². The first kappa shape index (κ1) is 14.2. The fourth-order valence-electron chi connectivity index (χ4n) is 1.89. The number of nitrogens with two attached hydrogens (primary N) is 1. The Morgan fingerprint density at radius 1 is 1.47 bits per heavy atom.